The van der Waals surface area contributed by atoms with Crippen molar-refractivity contribution in [3.63, 3.8) is 0 Å². The summed E-state index contributed by atoms with van der Waals surface area (Å²) in [6.07, 6.45) is 2.48. The second-order valence-electron chi connectivity index (χ2n) is 3.80. The fourth-order valence-electron chi connectivity index (χ4n) is 1.48. The Hall–Kier alpha value is -0.570. The molecule has 0 saturated heterocycles. The van der Waals surface area contributed by atoms with Crippen LogP contribution in [0.5, 0.6) is 0 Å². The summed E-state index contributed by atoms with van der Waals surface area (Å²) in [6.45, 7) is 5.49. The molecular weight excluding hydrogens is 164 g/mol. The molecule has 1 N–H and O–H groups in total. The van der Waals surface area contributed by atoms with Crippen molar-refractivity contribution in [3.8, 4) is 0 Å². The SMILES string of the molecule is CCC1CC1NCC(=O)N(C)CC. The molecule has 0 bridgehead atoms. The summed E-state index contributed by atoms with van der Waals surface area (Å²) >= 11 is 0. The van der Waals surface area contributed by atoms with Crippen molar-refractivity contribution in [2.75, 3.05) is 20.1 Å². The highest BCUT2D eigenvalue weighted by Crippen LogP contribution is 2.32. The molecule has 0 aromatic heterocycles. The van der Waals surface area contributed by atoms with E-state index in [1.54, 1.807) is 4.90 Å². The van der Waals surface area contributed by atoms with Crippen LogP contribution in [0, 0.1) is 5.92 Å². The maximum Gasteiger partial charge on any atom is 0.236 e. The van der Waals surface area contributed by atoms with Gasteiger partial charge < -0.3 is 10.2 Å². The van der Waals surface area contributed by atoms with Crippen LogP contribution < -0.4 is 5.32 Å². The zero-order valence-electron chi connectivity index (χ0n) is 8.84. The van der Waals surface area contributed by atoms with Crippen LogP contribution in [0.4, 0.5) is 0 Å². The van der Waals surface area contributed by atoms with Crippen LogP contribution in [-0.2, 0) is 4.79 Å². The van der Waals surface area contributed by atoms with Gasteiger partial charge in [0.15, 0.2) is 0 Å². The van der Waals surface area contributed by atoms with Gasteiger partial charge in [0.1, 0.15) is 0 Å². The Kier molecular flexibility index (Phi) is 3.72. The highest BCUT2D eigenvalue weighted by molar-refractivity contribution is 5.77. The molecule has 1 saturated carbocycles. The normalized spacial score (nSPS) is 25.8. The minimum Gasteiger partial charge on any atom is -0.345 e. The molecule has 0 aromatic carbocycles. The fourth-order valence-corrected chi connectivity index (χ4v) is 1.48. The lowest BCUT2D eigenvalue weighted by atomic mass is 10.3. The number of rotatable bonds is 5. The van der Waals surface area contributed by atoms with Crippen LogP contribution in [0.15, 0.2) is 0 Å². The molecule has 1 aliphatic rings. The minimum atomic E-state index is 0.198. The zero-order valence-corrected chi connectivity index (χ0v) is 8.84. The summed E-state index contributed by atoms with van der Waals surface area (Å²) in [5.74, 6) is 1.02. The Morgan fingerprint density at radius 2 is 2.23 bits per heavy atom. The Morgan fingerprint density at radius 3 is 2.69 bits per heavy atom. The number of nitrogens with one attached hydrogen (secondary N) is 1. The number of amides is 1. The minimum absolute atomic E-state index is 0.198. The highest BCUT2D eigenvalue weighted by Gasteiger charge is 2.34. The highest BCUT2D eigenvalue weighted by atomic mass is 16.2. The summed E-state index contributed by atoms with van der Waals surface area (Å²) in [6, 6.07) is 0.610. The lowest BCUT2D eigenvalue weighted by Gasteiger charge is -2.14. The molecule has 3 heteroatoms. The molecular formula is C10H20N2O. The maximum atomic E-state index is 11.4. The van der Waals surface area contributed by atoms with Gasteiger partial charge in [-0.1, -0.05) is 13.3 Å². The number of carbonyl (C=O) groups excluding carboxylic acids is 1. The van der Waals surface area contributed by atoms with Crippen molar-refractivity contribution in [2.45, 2.75) is 32.7 Å². The molecule has 1 fully saturated rings. The predicted molar refractivity (Wildman–Crippen MR) is 53.5 cm³/mol. The molecule has 0 aromatic rings. The van der Waals surface area contributed by atoms with E-state index < -0.39 is 0 Å². The Labute approximate surface area is 80.5 Å². The number of carbonyl (C=O) groups is 1. The third-order valence-corrected chi connectivity index (χ3v) is 2.86. The summed E-state index contributed by atoms with van der Waals surface area (Å²) in [5, 5.41) is 3.28. The number of hydrogen-bond acceptors (Lipinski definition) is 2. The van der Waals surface area contributed by atoms with E-state index in [0.717, 1.165) is 12.5 Å². The van der Waals surface area contributed by atoms with Gasteiger partial charge in [-0.05, 0) is 19.3 Å². The van der Waals surface area contributed by atoms with Crippen LogP contribution in [0.2, 0.25) is 0 Å². The van der Waals surface area contributed by atoms with Crippen LogP contribution in [0.3, 0.4) is 0 Å². The van der Waals surface area contributed by atoms with Crippen molar-refractivity contribution < 1.29 is 4.79 Å². The van der Waals surface area contributed by atoms with Crippen molar-refractivity contribution in [2.24, 2.45) is 5.92 Å². The van der Waals surface area contributed by atoms with Gasteiger partial charge in [0.2, 0.25) is 5.91 Å². The summed E-state index contributed by atoms with van der Waals surface area (Å²) in [7, 11) is 1.84. The molecule has 0 aliphatic heterocycles. The predicted octanol–water partition coefficient (Wildman–Crippen LogP) is 0.853. The summed E-state index contributed by atoms with van der Waals surface area (Å²) < 4.78 is 0. The topological polar surface area (TPSA) is 32.3 Å². The molecule has 13 heavy (non-hydrogen) atoms. The molecule has 0 heterocycles. The average Bonchev–Trinajstić information content (AvgIpc) is 2.91. The van der Waals surface area contributed by atoms with E-state index >= 15 is 0 Å². The van der Waals surface area contributed by atoms with Gasteiger partial charge in [0.25, 0.3) is 0 Å². The molecule has 1 amide bonds. The molecule has 0 radical (unpaired) electrons. The second-order valence-corrected chi connectivity index (χ2v) is 3.80. The molecule has 1 aliphatic carbocycles. The molecule has 2 unspecified atom stereocenters. The average molecular weight is 184 g/mol. The third kappa shape index (κ3) is 2.99. The maximum absolute atomic E-state index is 11.4. The third-order valence-electron chi connectivity index (χ3n) is 2.86. The van der Waals surface area contributed by atoms with E-state index in [1.807, 2.05) is 14.0 Å². The quantitative estimate of drug-likeness (QED) is 0.687. The smallest absolute Gasteiger partial charge is 0.236 e. The molecule has 2 atom stereocenters. The van der Waals surface area contributed by atoms with E-state index in [1.165, 1.54) is 12.8 Å². The van der Waals surface area contributed by atoms with Gasteiger partial charge in [-0.15, -0.1) is 0 Å². The second kappa shape index (κ2) is 4.61. The molecule has 76 valence electrons. The van der Waals surface area contributed by atoms with Gasteiger partial charge in [0, 0.05) is 19.6 Å². The first-order chi connectivity index (χ1) is 6.19. The van der Waals surface area contributed by atoms with Crippen LogP contribution in [-0.4, -0.2) is 37.0 Å². The number of hydrogen-bond donors (Lipinski definition) is 1. The van der Waals surface area contributed by atoms with Crippen molar-refractivity contribution in [1.82, 2.24) is 10.2 Å². The lowest BCUT2D eigenvalue weighted by molar-refractivity contribution is -0.128. The Morgan fingerprint density at radius 1 is 1.54 bits per heavy atom. The number of likely N-dealkylation sites (N-methyl/N-ethyl adjacent to an activating group) is 1. The van der Waals surface area contributed by atoms with Gasteiger partial charge in [-0.25, -0.2) is 0 Å². The standard InChI is InChI=1S/C10H20N2O/c1-4-8-6-9(8)11-7-10(13)12(3)5-2/h8-9,11H,4-7H2,1-3H3. The molecule has 3 nitrogen and oxygen atoms in total. The van der Waals surface area contributed by atoms with Crippen molar-refractivity contribution in [3.05, 3.63) is 0 Å². The van der Waals surface area contributed by atoms with E-state index in [-0.39, 0.29) is 5.91 Å². The first-order valence-electron chi connectivity index (χ1n) is 5.16. The molecule has 1 rings (SSSR count). The summed E-state index contributed by atoms with van der Waals surface area (Å²) in [4.78, 5) is 13.1. The number of nitrogens with zero attached hydrogens (tertiary/aromatic N) is 1. The van der Waals surface area contributed by atoms with E-state index in [0.29, 0.717) is 12.6 Å². The van der Waals surface area contributed by atoms with Crippen molar-refractivity contribution >= 4 is 5.91 Å². The zero-order chi connectivity index (χ0) is 9.84. The van der Waals surface area contributed by atoms with E-state index in [9.17, 15) is 4.79 Å². The van der Waals surface area contributed by atoms with Gasteiger partial charge in [-0.2, -0.15) is 0 Å². The van der Waals surface area contributed by atoms with Crippen LogP contribution in [0.25, 0.3) is 0 Å². The monoisotopic (exact) mass is 184 g/mol. The summed E-state index contributed by atoms with van der Waals surface area (Å²) in [5.41, 5.74) is 0. The largest absolute Gasteiger partial charge is 0.345 e. The lowest BCUT2D eigenvalue weighted by Crippen LogP contribution is -2.36. The molecule has 0 spiro atoms. The van der Waals surface area contributed by atoms with Crippen LogP contribution >= 0.6 is 0 Å². The Balaban J connectivity index is 2.09. The van der Waals surface area contributed by atoms with E-state index in [4.69, 9.17) is 0 Å². The fraction of sp³-hybridized carbons (Fsp3) is 0.900. The van der Waals surface area contributed by atoms with Gasteiger partial charge in [0.05, 0.1) is 6.54 Å². The van der Waals surface area contributed by atoms with Gasteiger partial charge >= 0.3 is 0 Å². The van der Waals surface area contributed by atoms with Crippen molar-refractivity contribution in [1.29, 1.82) is 0 Å². The first-order valence-corrected chi connectivity index (χ1v) is 5.16. The van der Waals surface area contributed by atoms with Crippen LogP contribution in [0.1, 0.15) is 26.7 Å². The first kappa shape index (κ1) is 10.5. The Bertz CT molecular complexity index is 182. The van der Waals surface area contributed by atoms with E-state index in [2.05, 4.69) is 12.2 Å². The van der Waals surface area contributed by atoms with Gasteiger partial charge in [-0.3, -0.25) is 4.79 Å².